The second-order valence-corrected chi connectivity index (χ2v) is 12.7. The Morgan fingerprint density at radius 3 is 2.35 bits per heavy atom. The van der Waals surface area contributed by atoms with E-state index in [1.54, 1.807) is 18.2 Å². The number of cyclic esters (lactones) is 1. The minimum atomic E-state index is -1.47. The number of carbonyl (C=O) groups is 1. The molecule has 4 aliphatic heterocycles. The van der Waals surface area contributed by atoms with Gasteiger partial charge in [0.05, 0.1) is 44.3 Å². The van der Waals surface area contributed by atoms with Crippen LogP contribution >= 0.6 is 11.3 Å². The minimum Gasteiger partial charge on any atom is -0.502 e. The van der Waals surface area contributed by atoms with Gasteiger partial charge in [-0.1, -0.05) is 6.07 Å². The van der Waals surface area contributed by atoms with Crippen LogP contribution in [0.4, 0.5) is 0 Å². The van der Waals surface area contributed by atoms with Crippen LogP contribution in [0.2, 0.25) is 0 Å². The number of hydrogen-bond donors (Lipinski definition) is 3. The van der Waals surface area contributed by atoms with Crippen LogP contribution in [0.3, 0.4) is 0 Å². The molecule has 0 radical (unpaired) electrons. The van der Waals surface area contributed by atoms with Gasteiger partial charge in [-0.25, -0.2) is 0 Å². The lowest BCUT2D eigenvalue weighted by atomic mass is 9.66. The third kappa shape index (κ3) is 4.70. The maximum Gasteiger partial charge on any atom is 0.310 e. The van der Waals surface area contributed by atoms with Crippen molar-refractivity contribution in [1.29, 1.82) is 0 Å². The van der Waals surface area contributed by atoms with E-state index in [2.05, 4.69) is 0 Å². The summed E-state index contributed by atoms with van der Waals surface area (Å²) in [6.07, 6.45) is -7.16. The Morgan fingerprint density at radius 2 is 1.65 bits per heavy atom. The maximum absolute atomic E-state index is 13.5. The summed E-state index contributed by atoms with van der Waals surface area (Å²) in [6, 6.07) is 10.7. The number of fused-ring (bicyclic) bond motifs is 4. The highest BCUT2D eigenvalue weighted by molar-refractivity contribution is 7.10. The molecule has 5 heterocycles. The molecular formula is C32H32O13S. The first-order valence-corrected chi connectivity index (χ1v) is 15.8. The SMILES string of the molecule is COc1cc([C@H]2c3cc4c(cc3[C@@H](O[C@@H]3O[C@@H]5CO[C@H](c6cccs6)O[C@H]5[C@H](O)[C@H]3O)[C@H]3COC(=O)[C@H]23)OCO4)cc(OC)c1O. The summed E-state index contributed by atoms with van der Waals surface area (Å²) in [4.78, 5) is 14.3. The number of rotatable bonds is 6. The van der Waals surface area contributed by atoms with Crippen LogP contribution in [0.15, 0.2) is 41.8 Å². The zero-order valence-electron chi connectivity index (χ0n) is 24.8. The van der Waals surface area contributed by atoms with Crippen molar-refractivity contribution in [1.82, 2.24) is 0 Å². The summed E-state index contributed by atoms with van der Waals surface area (Å²) < 4.78 is 52.6. The fourth-order valence-electron chi connectivity index (χ4n) is 7.18. The molecule has 0 bridgehead atoms. The zero-order chi connectivity index (χ0) is 31.7. The van der Waals surface area contributed by atoms with Crippen LogP contribution < -0.4 is 18.9 Å². The lowest BCUT2D eigenvalue weighted by molar-refractivity contribution is -0.368. The van der Waals surface area contributed by atoms with Gasteiger partial charge < -0.3 is 58.0 Å². The van der Waals surface area contributed by atoms with Crippen molar-refractivity contribution in [2.45, 2.75) is 49.0 Å². The molecule has 2 aromatic carbocycles. The number of benzene rings is 2. The van der Waals surface area contributed by atoms with E-state index in [4.69, 9.17) is 42.6 Å². The highest BCUT2D eigenvalue weighted by Gasteiger charge is 2.56. The first-order valence-electron chi connectivity index (χ1n) is 14.9. The smallest absolute Gasteiger partial charge is 0.310 e. The lowest BCUT2D eigenvalue weighted by Crippen LogP contribution is -2.62. The number of phenols is 1. The van der Waals surface area contributed by atoms with Crippen molar-refractivity contribution in [3.63, 3.8) is 0 Å². The molecule has 1 aromatic heterocycles. The van der Waals surface area contributed by atoms with Gasteiger partial charge >= 0.3 is 5.97 Å². The largest absolute Gasteiger partial charge is 0.502 e. The number of aromatic hydroxyl groups is 1. The molecule has 5 aliphatic rings. The van der Waals surface area contributed by atoms with E-state index in [1.165, 1.54) is 25.6 Å². The fraction of sp³-hybridized carbons (Fsp3) is 0.469. The molecule has 3 fully saturated rings. The van der Waals surface area contributed by atoms with E-state index in [9.17, 15) is 20.1 Å². The Balaban J connectivity index is 1.16. The van der Waals surface area contributed by atoms with Crippen molar-refractivity contribution in [2.75, 3.05) is 34.2 Å². The Labute approximate surface area is 267 Å². The minimum absolute atomic E-state index is 0.0242. The second-order valence-electron chi connectivity index (χ2n) is 11.8. The third-order valence-electron chi connectivity index (χ3n) is 9.37. The fourth-order valence-corrected chi connectivity index (χ4v) is 7.89. The van der Waals surface area contributed by atoms with Crippen molar-refractivity contribution in [3.05, 3.63) is 63.3 Å². The Bertz CT molecular complexity index is 1600. The predicted molar refractivity (Wildman–Crippen MR) is 156 cm³/mol. The number of aliphatic hydroxyl groups is 2. The van der Waals surface area contributed by atoms with Crippen LogP contribution in [0.5, 0.6) is 28.7 Å². The molecule has 0 unspecified atom stereocenters. The van der Waals surface area contributed by atoms with Crippen LogP contribution in [-0.2, 0) is 28.5 Å². The molecule has 10 atom stereocenters. The molecule has 0 spiro atoms. The van der Waals surface area contributed by atoms with Crippen LogP contribution in [0.25, 0.3) is 0 Å². The van der Waals surface area contributed by atoms with E-state index < -0.39 is 66.8 Å². The molecule has 3 aromatic rings. The van der Waals surface area contributed by atoms with Crippen molar-refractivity contribution in [3.8, 4) is 28.7 Å². The number of thiophene rings is 1. The molecule has 1 aliphatic carbocycles. The molecule has 13 nitrogen and oxygen atoms in total. The van der Waals surface area contributed by atoms with Crippen LogP contribution in [0.1, 0.15) is 39.9 Å². The molecule has 0 saturated carbocycles. The van der Waals surface area contributed by atoms with Gasteiger partial charge in [-0.05, 0) is 52.4 Å². The van der Waals surface area contributed by atoms with Crippen molar-refractivity contribution >= 4 is 17.3 Å². The van der Waals surface area contributed by atoms with E-state index in [0.29, 0.717) is 28.2 Å². The van der Waals surface area contributed by atoms with E-state index in [1.807, 2.05) is 23.6 Å². The number of esters is 1. The average molecular weight is 657 g/mol. The molecule has 3 saturated heterocycles. The monoisotopic (exact) mass is 656 g/mol. The van der Waals surface area contributed by atoms with E-state index >= 15 is 0 Å². The van der Waals surface area contributed by atoms with Gasteiger partial charge in [-0.3, -0.25) is 4.79 Å². The quantitative estimate of drug-likeness (QED) is 0.333. The summed E-state index contributed by atoms with van der Waals surface area (Å²) in [6.45, 7) is 0.171. The van der Waals surface area contributed by atoms with E-state index in [0.717, 1.165) is 4.88 Å². The molecule has 3 N–H and O–H groups in total. The van der Waals surface area contributed by atoms with Crippen molar-refractivity contribution < 1.29 is 62.7 Å². The molecule has 8 rings (SSSR count). The maximum atomic E-state index is 13.5. The number of phenolic OH excluding ortho intramolecular Hbond substituents is 1. The molecule has 46 heavy (non-hydrogen) atoms. The Hall–Kier alpha value is -3.63. The number of ether oxygens (including phenoxy) is 9. The lowest BCUT2D eigenvalue weighted by Gasteiger charge is -2.48. The normalized spacial score (nSPS) is 34.3. The highest BCUT2D eigenvalue weighted by atomic mass is 32.1. The Morgan fingerprint density at radius 1 is 0.913 bits per heavy atom. The summed E-state index contributed by atoms with van der Waals surface area (Å²) >= 11 is 1.46. The van der Waals surface area contributed by atoms with Crippen LogP contribution in [0, 0.1) is 11.8 Å². The number of carbonyl (C=O) groups excluding carboxylic acids is 1. The molecular weight excluding hydrogens is 624 g/mol. The number of methoxy groups -OCH3 is 2. The first-order chi connectivity index (χ1) is 22.4. The summed E-state index contributed by atoms with van der Waals surface area (Å²) in [7, 11) is 2.86. The molecule has 244 valence electrons. The van der Waals surface area contributed by atoms with Crippen molar-refractivity contribution in [2.24, 2.45) is 11.8 Å². The molecule has 0 amide bonds. The van der Waals surface area contributed by atoms with Gasteiger partial charge in [0.15, 0.2) is 35.6 Å². The molecule has 14 heteroatoms. The third-order valence-corrected chi connectivity index (χ3v) is 10.3. The van der Waals surface area contributed by atoms with E-state index in [-0.39, 0.29) is 37.3 Å². The van der Waals surface area contributed by atoms with Crippen LogP contribution in [-0.4, -0.2) is 86.2 Å². The topological polar surface area (TPSA) is 161 Å². The van der Waals surface area contributed by atoms with Gasteiger partial charge in [0.2, 0.25) is 12.5 Å². The first kappa shape index (κ1) is 29.8. The van der Waals surface area contributed by atoms with Gasteiger partial charge in [0, 0.05) is 11.8 Å². The van der Waals surface area contributed by atoms with Gasteiger partial charge in [-0.15, -0.1) is 11.3 Å². The summed E-state index contributed by atoms with van der Waals surface area (Å²) in [5.74, 6) is -1.08. The zero-order valence-corrected chi connectivity index (χ0v) is 25.6. The average Bonchev–Trinajstić information content (AvgIpc) is 3.85. The summed E-state index contributed by atoms with van der Waals surface area (Å²) in [5.41, 5.74) is 2.00. The van der Waals surface area contributed by atoms with Gasteiger partial charge in [0.25, 0.3) is 0 Å². The summed E-state index contributed by atoms with van der Waals surface area (Å²) in [5, 5.41) is 35.0. The van der Waals surface area contributed by atoms with Gasteiger partial charge in [0.1, 0.15) is 24.4 Å². The number of hydrogen-bond acceptors (Lipinski definition) is 14. The predicted octanol–water partition coefficient (Wildman–Crippen LogP) is 2.75. The van der Waals surface area contributed by atoms with Gasteiger partial charge in [-0.2, -0.15) is 0 Å². The second kappa shape index (κ2) is 11.6. The standard InChI is InChI=1S/C32H32O13S/c1-37-19-6-13(7-20(38-2)25(19)33)23-14-8-17-18(42-12-41-17)9-15(14)28(16-10-39-30(36)24(16)23)44-32-27(35)26(34)29-21(43-32)11-40-31(45-29)22-4-3-5-46-22/h3-9,16,21,23-24,26-29,31-35H,10-12H2,1-2H3/t16-,21+,23-,24-,26+,27+,28+,29+,31-,32-/m0/s1. The highest BCUT2D eigenvalue weighted by Crippen LogP contribution is 2.57. The number of aliphatic hydroxyl groups excluding tert-OH is 2. The Kier molecular flexibility index (Phi) is 7.48.